The van der Waals surface area contributed by atoms with E-state index < -0.39 is 0 Å². The van der Waals surface area contributed by atoms with Crippen LogP contribution in [-0.2, 0) is 6.54 Å². The predicted molar refractivity (Wildman–Crippen MR) is 78.0 cm³/mol. The van der Waals surface area contributed by atoms with Gasteiger partial charge in [-0.3, -0.25) is 4.90 Å². The summed E-state index contributed by atoms with van der Waals surface area (Å²) in [5.41, 5.74) is 1.65. The average Bonchev–Trinajstić information content (AvgIpc) is 3.02. The third-order valence-corrected chi connectivity index (χ3v) is 4.60. The molecule has 3 heterocycles. The molecule has 2 unspecified atom stereocenters. The first-order chi connectivity index (χ1) is 9.88. The summed E-state index contributed by atoms with van der Waals surface area (Å²) < 4.78 is 0. The van der Waals surface area contributed by atoms with Crippen LogP contribution in [0.5, 0.6) is 0 Å². The van der Waals surface area contributed by atoms with E-state index in [4.69, 9.17) is 0 Å². The highest BCUT2D eigenvalue weighted by Gasteiger charge is 2.31. The molecule has 4 nitrogen and oxygen atoms in total. The minimum Gasteiger partial charge on any atom is -0.312 e. The largest absolute Gasteiger partial charge is 0.312 e. The molecular formula is C16H22N4. The first-order valence-electron chi connectivity index (χ1n) is 7.70. The molecule has 2 fully saturated rings. The van der Waals surface area contributed by atoms with E-state index in [9.17, 15) is 5.26 Å². The first kappa shape index (κ1) is 13.5. The number of pyridine rings is 1. The Bertz CT molecular complexity index is 487. The highest BCUT2D eigenvalue weighted by atomic mass is 15.2. The third kappa shape index (κ3) is 2.84. The number of piperidine rings is 1. The molecule has 0 amide bonds. The van der Waals surface area contributed by atoms with Crippen LogP contribution >= 0.6 is 0 Å². The van der Waals surface area contributed by atoms with Crippen LogP contribution in [0.3, 0.4) is 0 Å². The molecule has 0 saturated carbocycles. The number of nitrogens with zero attached hydrogens (tertiary/aromatic N) is 3. The number of nitriles is 1. The van der Waals surface area contributed by atoms with Crippen LogP contribution in [0.15, 0.2) is 18.3 Å². The summed E-state index contributed by atoms with van der Waals surface area (Å²) in [7, 11) is 0. The van der Waals surface area contributed by atoms with Crippen LogP contribution in [0.4, 0.5) is 0 Å². The summed E-state index contributed by atoms with van der Waals surface area (Å²) >= 11 is 0. The Morgan fingerprint density at radius 1 is 1.35 bits per heavy atom. The molecule has 20 heavy (non-hydrogen) atoms. The Morgan fingerprint density at radius 2 is 2.30 bits per heavy atom. The van der Waals surface area contributed by atoms with E-state index in [1.54, 1.807) is 6.20 Å². The minimum absolute atomic E-state index is 0.580. The van der Waals surface area contributed by atoms with Crippen LogP contribution in [0.25, 0.3) is 0 Å². The number of hydrogen-bond donors (Lipinski definition) is 1. The predicted octanol–water partition coefficient (Wildman–Crippen LogP) is 2.06. The molecule has 0 radical (unpaired) electrons. The fourth-order valence-corrected chi connectivity index (χ4v) is 3.59. The lowest BCUT2D eigenvalue weighted by molar-refractivity contribution is 0.112. The van der Waals surface area contributed by atoms with Crippen molar-refractivity contribution in [1.29, 1.82) is 5.26 Å². The van der Waals surface area contributed by atoms with Crippen molar-refractivity contribution in [2.24, 2.45) is 0 Å². The summed E-state index contributed by atoms with van der Waals surface area (Å²) in [5, 5.41) is 12.8. The highest BCUT2D eigenvalue weighted by Crippen LogP contribution is 2.26. The number of aromatic nitrogens is 1. The van der Waals surface area contributed by atoms with Gasteiger partial charge in [0, 0.05) is 30.4 Å². The molecule has 1 N–H and O–H groups in total. The lowest BCUT2D eigenvalue weighted by Crippen LogP contribution is -2.49. The number of hydrogen-bond acceptors (Lipinski definition) is 4. The van der Waals surface area contributed by atoms with E-state index in [1.165, 1.54) is 32.1 Å². The highest BCUT2D eigenvalue weighted by molar-refractivity contribution is 5.30. The standard InChI is InChI=1S/C16H22N4/c17-11-15-13(5-3-8-19-15)12-20-10-2-1-7-16(20)14-6-4-9-18-14/h3,5,8,14,16,18H,1-2,4,6-7,9-10,12H2. The minimum atomic E-state index is 0.580. The number of rotatable bonds is 3. The molecule has 1 aromatic heterocycles. The quantitative estimate of drug-likeness (QED) is 0.913. The molecule has 2 atom stereocenters. The zero-order valence-electron chi connectivity index (χ0n) is 11.9. The molecular weight excluding hydrogens is 248 g/mol. The molecule has 106 valence electrons. The van der Waals surface area contributed by atoms with Crippen LogP contribution in [-0.4, -0.2) is 35.1 Å². The third-order valence-electron chi connectivity index (χ3n) is 4.60. The Hall–Kier alpha value is -1.44. The van der Waals surface area contributed by atoms with Gasteiger partial charge in [0.1, 0.15) is 11.8 Å². The van der Waals surface area contributed by atoms with Gasteiger partial charge in [-0.2, -0.15) is 5.26 Å². The van der Waals surface area contributed by atoms with Gasteiger partial charge in [0.15, 0.2) is 0 Å². The van der Waals surface area contributed by atoms with Gasteiger partial charge >= 0.3 is 0 Å². The molecule has 2 saturated heterocycles. The SMILES string of the molecule is N#Cc1ncccc1CN1CCCCC1C1CCCN1. The van der Waals surface area contributed by atoms with Crippen molar-refractivity contribution in [1.82, 2.24) is 15.2 Å². The second kappa shape index (κ2) is 6.34. The van der Waals surface area contributed by atoms with Crippen LogP contribution in [0, 0.1) is 11.3 Å². The summed E-state index contributed by atoms with van der Waals surface area (Å²) in [6.07, 6.45) is 8.17. The first-order valence-corrected chi connectivity index (χ1v) is 7.70. The molecule has 2 aliphatic rings. The molecule has 1 aromatic rings. The van der Waals surface area contributed by atoms with E-state index in [0.29, 0.717) is 17.8 Å². The van der Waals surface area contributed by atoms with Crippen molar-refractivity contribution in [2.45, 2.75) is 50.7 Å². The maximum absolute atomic E-state index is 9.18. The Balaban J connectivity index is 1.75. The fourth-order valence-electron chi connectivity index (χ4n) is 3.59. The van der Waals surface area contributed by atoms with E-state index in [-0.39, 0.29) is 0 Å². The van der Waals surface area contributed by atoms with Gasteiger partial charge in [-0.1, -0.05) is 12.5 Å². The Labute approximate surface area is 120 Å². The summed E-state index contributed by atoms with van der Waals surface area (Å²) in [4.78, 5) is 6.74. The normalized spacial score (nSPS) is 27.4. The monoisotopic (exact) mass is 270 g/mol. The van der Waals surface area contributed by atoms with Gasteiger partial charge < -0.3 is 5.32 Å². The van der Waals surface area contributed by atoms with Gasteiger partial charge in [0.25, 0.3) is 0 Å². The molecule has 0 spiro atoms. The zero-order valence-corrected chi connectivity index (χ0v) is 11.9. The van der Waals surface area contributed by atoms with Crippen molar-refractivity contribution in [3.05, 3.63) is 29.6 Å². The Morgan fingerprint density at radius 3 is 3.10 bits per heavy atom. The number of nitrogens with one attached hydrogen (secondary N) is 1. The van der Waals surface area contributed by atoms with E-state index >= 15 is 0 Å². The van der Waals surface area contributed by atoms with Crippen molar-refractivity contribution in [3.63, 3.8) is 0 Å². The smallest absolute Gasteiger partial charge is 0.144 e. The molecule has 0 aromatic carbocycles. The van der Waals surface area contributed by atoms with Gasteiger partial charge in [0.05, 0.1) is 0 Å². The van der Waals surface area contributed by atoms with E-state index in [1.807, 2.05) is 12.1 Å². The summed E-state index contributed by atoms with van der Waals surface area (Å²) in [5.74, 6) is 0. The van der Waals surface area contributed by atoms with Crippen molar-refractivity contribution in [3.8, 4) is 6.07 Å². The lowest BCUT2D eigenvalue weighted by Gasteiger charge is -2.39. The molecule has 4 heteroatoms. The zero-order chi connectivity index (χ0) is 13.8. The second-order valence-electron chi connectivity index (χ2n) is 5.86. The maximum Gasteiger partial charge on any atom is 0.144 e. The number of likely N-dealkylation sites (tertiary alicyclic amines) is 1. The summed E-state index contributed by atoms with van der Waals surface area (Å²) in [6, 6.07) is 7.45. The lowest BCUT2D eigenvalue weighted by atomic mass is 9.94. The van der Waals surface area contributed by atoms with Crippen molar-refractivity contribution in [2.75, 3.05) is 13.1 Å². The van der Waals surface area contributed by atoms with Gasteiger partial charge in [-0.05, 0) is 44.8 Å². The van der Waals surface area contributed by atoms with Gasteiger partial charge in [-0.15, -0.1) is 0 Å². The maximum atomic E-state index is 9.18. The van der Waals surface area contributed by atoms with Crippen LogP contribution in [0.2, 0.25) is 0 Å². The van der Waals surface area contributed by atoms with E-state index in [0.717, 1.165) is 25.2 Å². The molecule has 0 bridgehead atoms. The fraction of sp³-hybridized carbons (Fsp3) is 0.625. The van der Waals surface area contributed by atoms with Gasteiger partial charge in [-0.25, -0.2) is 4.98 Å². The van der Waals surface area contributed by atoms with E-state index in [2.05, 4.69) is 21.3 Å². The van der Waals surface area contributed by atoms with Crippen LogP contribution in [0.1, 0.15) is 43.4 Å². The Kier molecular flexibility index (Phi) is 4.29. The van der Waals surface area contributed by atoms with Crippen LogP contribution < -0.4 is 5.32 Å². The van der Waals surface area contributed by atoms with Gasteiger partial charge in [0.2, 0.25) is 0 Å². The second-order valence-corrected chi connectivity index (χ2v) is 5.86. The topological polar surface area (TPSA) is 52.0 Å². The average molecular weight is 270 g/mol. The molecule has 3 rings (SSSR count). The molecule has 2 aliphatic heterocycles. The van der Waals surface area contributed by atoms with Crippen molar-refractivity contribution < 1.29 is 0 Å². The molecule has 0 aliphatic carbocycles. The summed E-state index contributed by atoms with van der Waals surface area (Å²) in [6.45, 7) is 3.16. The van der Waals surface area contributed by atoms with Crippen molar-refractivity contribution >= 4 is 0 Å².